The van der Waals surface area contributed by atoms with Crippen LogP contribution in [0.15, 0.2) is 16.8 Å². The van der Waals surface area contributed by atoms with Crippen LogP contribution in [-0.4, -0.2) is 31.6 Å². The second-order valence-electron chi connectivity index (χ2n) is 4.52. The first-order valence-electron chi connectivity index (χ1n) is 5.75. The third-order valence-corrected chi connectivity index (χ3v) is 3.79. The number of nitrogens with zero attached hydrogens (tertiary/aromatic N) is 1. The molecule has 2 nitrogen and oxygen atoms in total. The lowest BCUT2D eigenvalue weighted by atomic mass is 9.97. The van der Waals surface area contributed by atoms with Crippen molar-refractivity contribution >= 4 is 11.3 Å². The van der Waals surface area contributed by atoms with Gasteiger partial charge in [-0.15, -0.1) is 0 Å². The lowest BCUT2D eigenvalue weighted by Gasteiger charge is -2.27. The van der Waals surface area contributed by atoms with E-state index in [1.54, 1.807) is 11.3 Å². The van der Waals surface area contributed by atoms with Crippen LogP contribution in [0.1, 0.15) is 18.4 Å². The number of hydrogen-bond acceptors (Lipinski definition) is 3. The van der Waals surface area contributed by atoms with E-state index in [0.717, 1.165) is 12.5 Å². The Kier molecular flexibility index (Phi) is 4.18. The first kappa shape index (κ1) is 11.1. The average molecular weight is 224 g/mol. The third kappa shape index (κ3) is 3.59. The summed E-state index contributed by atoms with van der Waals surface area (Å²) >= 11 is 1.79. The third-order valence-electron chi connectivity index (χ3n) is 3.06. The van der Waals surface area contributed by atoms with Gasteiger partial charge in [-0.25, -0.2) is 0 Å². The minimum atomic E-state index is 0.898. The van der Waals surface area contributed by atoms with Gasteiger partial charge < -0.3 is 10.2 Å². The van der Waals surface area contributed by atoms with Gasteiger partial charge in [-0.2, -0.15) is 11.3 Å². The molecule has 1 saturated heterocycles. The largest absolute Gasteiger partial charge is 0.317 e. The van der Waals surface area contributed by atoms with Crippen molar-refractivity contribution in [3.05, 3.63) is 22.4 Å². The van der Waals surface area contributed by atoms with Crippen molar-refractivity contribution in [2.45, 2.75) is 19.4 Å². The number of rotatable bonds is 4. The van der Waals surface area contributed by atoms with Crippen molar-refractivity contribution in [1.29, 1.82) is 0 Å². The van der Waals surface area contributed by atoms with Crippen LogP contribution in [0.5, 0.6) is 0 Å². The van der Waals surface area contributed by atoms with E-state index in [0.29, 0.717) is 0 Å². The Labute approximate surface area is 96.3 Å². The molecule has 1 aromatic heterocycles. The zero-order valence-electron chi connectivity index (χ0n) is 9.41. The van der Waals surface area contributed by atoms with Crippen LogP contribution in [0.4, 0.5) is 0 Å². The fraction of sp³-hybridized carbons (Fsp3) is 0.667. The SMILES string of the molecule is CN(Cc1ccsc1)CC1CCNCC1. The summed E-state index contributed by atoms with van der Waals surface area (Å²) < 4.78 is 0. The maximum absolute atomic E-state index is 3.42. The van der Waals surface area contributed by atoms with Gasteiger partial charge in [0, 0.05) is 13.1 Å². The predicted octanol–water partition coefficient (Wildman–Crippen LogP) is 2.18. The predicted molar refractivity (Wildman–Crippen MR) is 66.2 cm³/mol. The minimum Gasteiger partial charge on any atom is -0.317 e. The molecule has 0 saturated carbocycles. The Morgan fingerprint density at radius 2 is 2.27 bits per heavy atom. The van der Waals surface area contributed by atoms with Crippen LogP contribution in [-0.2, 0) is 6.54 Å². The molecule has 1 aliphatic heterocycles. The Morgan fingerprint density at radius 3 is 2.93 bits per heavy atom. The van der Waals surface area contributed by atoms with Crippen molar-refractivity contribution < 1.29 is 0 Å². The Hall–Kier alpha value is -0.380. The highest BCUT2D eigenvalue weighted by atomic mass is 32.1. The number of thiophene rings is 1. The van der Waals surface area contributed by atoms with E-state index in [9.17, 15) is 0 Å². The van der Waals surface area contributed by atoms with Crippen LogP contribution in [0, 0.1) is 5.92 Å². The molecule has 0 aromatic carbocycles. The lowest BCUT2D eigenvalue weighted by molar-refractivity contribution is 0.235. The zero-order valence-corrected chi connectivity index (χ0v) is 10.2. The van der Waals surface area contributed by atoms with Gasteiger partial charge in [0.05, 0.1) is 0 Å². The van der Waals surface area contributed by atoms with E-state index in [-0.39, 0.29) is 0 Å². The van der Waals surface area contributed by atoms with Gasteiger partial charge in [-0.3, -0.25) is 0 Å². The minimum absolute atomic E-state index is 0.898. The molecule has 0 aliphatic carbocycles. The monoisotopic (exact) mass is 224 g/mol. The molecule has 0 bridgehead atoms. The van der Waals surface area contributed by atoms with Crippen LogP contribution >= 0.6 is 11.3 Å². The molecule has 0 unspecified atom stereocenters. The second kappa shape index (κ2) is 5.64. The highest BCUT2D eigenvalue weighted by Gasteiger charge is 2.14. The summed E-state index contributed by atoms with van der Waals surface area (Å²) in [6.07, 6.45) is 2.68. The topological polar surface area (TPSA) is 15.3 Å². The van der Waals surface area contributed by atoms with Crippen molar-refractivity contribution in [1.82, 2.24) is 10.2 Å². The summed E-state index contributed by atoms with van der Waals surface area (Å²) in [5, 5.41) is 7.83. The van der Waals surface area contributed by atoms with Crippen molar-refractivity contribution in [2.75, 3.05) is 26.7 Å². The van der Waals surface area contributed by atoms with Gasteiger partial charge in [0.1, 0.15) is 0 Å². The van der Waals surface area contributed by atoms with Crippen LogP contribution in [0.2, 0.25) is 0 Å². The molecule has 15 heavy (non-hydrogen) atoms. The van der Waals surface area contributed by atoms with Crippen molar-refractivity contribution in [2.24, 2.45) is 5.92 Å². The zero-order chi connectivity index (χ0) is 10.5. The molecule has 2 heterocycles. The summed E-state index contributed by atoms with van der Waals surface area (Å²) in [4.78, 5) is 2.46. The number of nitrogens with one attached hydrogen (secondary N) is 1. The van der Waals surface area contributed by atoms with Gasteiger partial charge >= 0.3 is 0 Å². The highest BCUT2D eigenvalue weighted by molar-refractivity contribution is 7.07. The summed E-state index contributed by atoms with van der Waals surface area (Å²) in [6.45, 7) is 4.76. The molecular weight excluding hydrogens is 204 g/mol. The molecule has 0 spiro atoms. The maximum Gasteiger partial charge on any atom is 0.0239 e. The lowest BCUT2D eigenvalue weighted by Crippen LogP contribution is -2.34. The standard InChI is InChI=1S/C12H20N2S/c1-14(9-12-4-7-15-10-12)8-11-2-5-13-6-3-11/h4,7,10-11,13H,2-3,5-6,8-9H2,1H3. The first-order valence-corrected chi connectivity index (χ1v) is 6.69. The molecule has 84 valence electrons. The van der Waals surface area contributed by atoms with Crippen molar-refractivity contribution in [3.63, 3.8) is 0 Å². The smallest absolute Gasteiger partial charge is 0.0239 e. The van der Waals surface area contributed by atoms with E-state index in [1.165, 1.54) is 38.0 Å². The molecule has 3 heteroatoms. The average Bonchev–Trinajstić information content (AvgIpc) is 2.71. The van der Waals surface area contributed by atoms with Crippen LogP contribution in [0.3, 0.4) is 0 Å². The fourth-order valence-corrected chi connectivity index (χ4v) is 2.92. The Balaban J connectivity index is 1.74. The van der Waals surface area contributed by atoms with Gasteiger partial charge in [0.15, 0.2) is 0 Å². The number of piperidine rings is 1. The van der Waals surface area contributed by atoms with Gasteiger partial charge in [-0.1, -0.05) is 0 Å². The van der Waals surface area contributed by atoms with E-state index in [2.05, 4.69) is 34.1 Å². The summed E-state index contributed by atoms with van der Waals surface area (Å²) in [7, 11) is 2.24. The molecule has 1 aliphatic rings. The molecule has 2 rings (SSSR count). The van der Waals surface area contributed by atoms with E-state index in [1.807, 2.05) is 0 Å². The maximum atomic E-state index is 3.42. The van der Waals surface area contributed by atoms with Gasteiger partial charge in [-0.05, 0) is 61.3 Å². The Morgan fingerprint density at radius 1 is 1.47 bits per heavy atom. The summed E-state index contributed by atoms with van der Waals surface area (Å²) in [6, 6.07) is 2.23. The molecule has 0 radical (unpaired) electrons. The first-order chi connectivity index (χ1) is 7.34. The Bertz CT molecular complexity index is 265. The quantitative estimate of drug-likeness (QED) is 0.843. The van der Waals surface area contributed by atoms with Crippen LogP contribution in [0.25, 0.3) is 0 Å². The molecule has 0 amide bonds. The van der Waals surface area contributed by atoms with E-state index >= 15 is 0 Å². The molecule has 1 fully saturated rings. The molecule has 1 aromatic rings. The van der Waals surface area contributed by atoms with E-state index < -0.39 is 0 Å². The second-order valence-corrected chi connectivity index (χ2v) is 5.30. The summed E-state index contributed by atoms with van der Waals surface area (Å²) in [5.74, 6) is 0.898. The molecular formula is C12H20N2S. The molecule has 0 atom stereocenters. The fourth-order valence-electron chi connectivity index (χ4n) is 2.26. The summed E-state index contributed by atoms with van der Waals surface area (Å²) in [5.41, 5.74) is 1.46. The van der Waals surface area contributed by atoms with Gasteiger partial charge in [0.25, 0.3) is 0 Å². The van der Waals surface area contributed by atoms with Crippen molar-refractivity contribution in [3.8, 4) is 0 Å². The van der Waals surface area contributed by atoms with Crippen LogP contribution < -0.4 is 5.32 Å². The van der Waals surface area contributed by atoms with Gasteiger partial charge in [0.2, 0.25) is 0 Å². The van der Waals surface area contributed by atoms with E-state index in [4.69, 9.17) is 0 Å². The highest BCUT2D eigenvalue weighted by Crippen LogP contribution is 2.15. The molecule has 1 N–H and O–H groups in total. The normalized spacial score (nSPS) is 18.5. The number of hydrogen-bond donors (Lipinski definition) is 1.